The Morgan fingerprint density at radius 1 is 1.16 bits per heavy atom. The third-order valence-electron chi connectivity index (χ3n) is 3.09. The molecule has 2 aromatic rings. The summed E-state index contributed by atoms with van der Waals surface area (Å²) in [6.45, 7) is 4.85. The van der Waals surface area contributed by atoms with Crippen molar-refractivity contribution >= 4 is 11.6 Å². The topological polar surface area (TPSA) is 12.0 Å². The lowest BCUT2D eigenvalue weighted by Gasteiger charge is -2.20. The van der Waals surface area contributed by atoms with Gasteiger partial charge in [0.25, 0.3) is 0 Å². The molecule has 19 heavy (non-hydrogen) atoms. The zero-order valence-corrected chi connectivity index (χ0v) is 11.8. The molecular formula is C16H17ClFN. The van der Waals surface area contributed by atoms with E-state index in [0.29, 0.717) is 5.02 Å². The minimum Gasteiger partial charge on any atom is -0.306 e. The van der Waals surface area contributed by atoms with Crippen molar-refractivity contribution in [2.75, 3.05) is 6.54 Å². The molecule has 0 aliphatic rings. The van der Waals surface area contributed by atoms with Crippen LogP contribution in [0.3, 0.4) is 0 Å². The summed E-state index contributed by atoms with van der Waals surface area (Å²) >= 11 is 6.20. The Labute approximate surface area is 118 Å². The predicted molar refractivity (Wildman–Crippen MR) is 78.1 cm³/mol. The third-order valence-corrected chi connectivity index (χ3v) is 3.43. The van der Waals surface area contributed by atoms with Gasteiger partial charge in [0.2, 0.25) is 0 Å². The number of aryl methyl sites for hydroxylation is 1. The Balaban J connectivity index is 2.44. The highest BCUT2D eigenvalue weighted by Crippen LogP contribution is 2.29. The molecule has 3 heteroatoms. The van der Waals surface area contributed by atoms with Crippen LogP contribution in [0.4, 0.5) is 4.39 Å². The number of hydrogen-bond acceptors (Lipinski definition) is 1. The summed E-state index contributed by atoms with van der Waals surface area (Å²) in [5, 5.41) is 3.93. The van der Waals surface area contributed by atoms with Crippen molar-refractivity contribution in [3.63, 3.8) is 0 Å². The summed E-state index contributed by atoms with van der Waals surface area (Å²) in [5.41, 5.74) is 3.05. The van der Waals surface area contributed by atoms with Crippen LogP contribution in [-0.2, 0) is 0 Å². The predicted octanol–water partition coefficient (Wildman–Crippen LogP) is 4.49. The fourth-order valence-corrected chi connectivity index (χ4v) is 2.33. The summed E-state index contributed by atoms with van der Waals surface area (Å²) in [7, 11) is 0. The lowest BCUT2D eigenvalue weighted by molar-refractivity contribution is 0.603. The molecule has 2 aromatic carbocycles. The maximum atomic E-state index is 13.4. The van der Waals surface area contributed by atoms with Gasteiger partial charge in [0.05, 0.1) is 6.04 Å². The zero-order valence-electron chi connectivity index (χ0n) is 11.1. The highest BCUT2D eigenvalue weighted by atomic mass is 35.5. The molecule has 0 heterocycles. The number of benzene rings is 2. The zero-order chi connectivity index (χ0) is 13.8. The molecule has 0 saturated heterocycles. The van der Waals surface area contributed by atoms with Crippen LogP contribution in [0.2, 0.25) is 5.02 Å². The average Bonchev–Trinajstić information content (AvgIpc) is 2.40. The van der Waals surface area contributed by atoms with E-state index in [2.05, 4.69) is 5.32 Å². The van der Waals surface area contributed by atoms with E-state index in [-0.39, 0.29) is 11.9 Å². The van der Waals surface area contributed by atoms with Crippen LogP contribution in [0.15, 0.2) is 42.5 Å². The fraction of sp³-hybridized carbons (Fsp3) is 0.250. The second kappa shape index (κ2) is 6.18. The van der Waals surface area contributed by atoms with Gasteiger partial charge in [0.15, 0.2) is 0 Å². The molecule has 0 spiro atoms. The van der Waals surface area contributed by atoms with Gasteiger partial charge < -0.3 is 5.32 Å². The standard InChI is InChI=1S/C16H17ClFN/c1-3-19-16(12-6-4-11(2)5-7-12)14-10-13(18)8-9-15(14)17/h4-10,16,19H,3H2,1-2H3. The molecule has 0 aromatic heterocycles. The van der Waals surface area contributed by atoms with Gasteiger partial charge in [-0.1, -0.05) is 48.4 Å². The first-order valence-corrected chi connectivity index (χ1v) is 6.74. The quantitative estimate of drug-likeness (QED) is 0.868. The maximum Gasteiger partial charge on any atom is 0.123 e. The molecule has 0 aliphatic heterocycles. The van der Waals surface area contributed by atoms with Crippen molar-refractivity contribution in [3.05, 3.63) is 70.0 Å². The van der Waals surface area contributed by atoms with Crippen molar-refractivity contribution in [2.24, 2.45) is 0 Å². The molecular weight excluding hydrogens is 261 g/mol. The summed E-state index contributed by atoms with van der Waals surface area (Å²) in [5.74, 6) is -0.269. The van der Waals surface area contributed by atoms with Gasteiger partial charge in [0, 0.05) is 5.02 Å². The number of nitrogens with one attached hydrogen (secondary N) is 1. The van der Waals surface area contributed by atoms with Crippen LogP contribution in [0.25, 0.3) is 0 Å². The molecule has 0 bridgehead atoms. The Hall–Kier alpha value is -1.38. The number of rotatable bonds is 4. The van der Waals surface area contributed by atoms with Gasteiger partial charge in [-0.25, -0.2) is 4.39 Å². The molecule has 0 aliphatic carbocycles. The van der Waals surface area contributed by atoms with Crippen molar-refractivity contribution in [2.45, 2.75) is 19.9 Å². The summed E-state index contributed by atoms with van der Waals surface area (Å²) in [6.07, 6.45) is 0. The van der Waals surface area contributed by atoms with Crippen molar-refractivity contribution < 1.29 is 4.39 Å². The third kappa shape index (κ3) is 3.34. The first-order chi connectivity index (χ1) is 9.11. The molecule has 0 amide bonds. The van der Waals surface area contributed by atoms with Crippen LogP contribution in [0.5, 0.6) is 0 Å². The van der Waals surface area contributed by atoms with Crippen LogP contribution >= 0.6 is 11.6 Å². The lowest BCUT2D eigenvalue weighted by atomic mass is 9.97. The molecule has 1 N–H and O–H groups in total. The van der Waals surface area contributed by atoms with Crippen LogP contribution in [0, 0.1) is 12.7 Å². The number of halogens is 2. The molecule has 1 unspecified atom stereocenters. The normalized spacial score (nSPS) is 12.4. The number of hydrogen-bond donors (Lipinski definition) is 1. The Bertz CT molecular complexity index is 551. The van der Waals surface area contributed by atoms with E-state index in [0.717, 1.165) is 17.7 Å². The highest BCUT2D eigenvalue weighted by molar-refractivity contribution is 6.31. The van der Waals surface area contributed by atoms with Crippen molar-refractivity contribution in [3.8, 4) is 0 Å². The lowest BCUT2D eigenvalue weighted by Crippen LogP contribution is -2.22. The molecule has 0 saturated carbocycles. The highest BCUT2D eigenvalue weighted by Gasteiger charge is 2.16. The van der Waals surface area contributed by atoms with Gasteiger partial charge in [0.1, 0.15) is 5.82 Å². The Morgan fingerprint density at radius 2 is 1.84 bits per heavy atom. The van der Waals surface area contributed by atoms with E-state index in [1.54, 1.807) is 6.07 Å². The summed E-state index contributed by atoms with van der Waals surface area (Å²) in [4.78, 5) is 0. The van der Waals surface area contributed by atoms with E-state index in [4.69, 9.17) is 11.6 Å². The van der Waals surface area contributed by atoms with Gasteiger partial charge >= 0.3 is 0 Å². The Morgan fingerprint density at radius 3 is 2.47 bits per heavy atom. The average molecular weight is 278 g/mol. The second-order valence-electron chi connectivity index (χ2n) is 4.57. The van der Waals surface area contributed by atoms with E-state index in [1.807, 2.05) is 38.1 Å². The minimum absolute atomic E-state index is 0.0891. The maximum absolute atomic E-state index is 13.4. The first kappa shape index (κ1) is 14.0. The molecule has 2 rings (SSSR count). The van der Waals surface area contributed by atoms with Gasteiger partial charge in [-0.05, 0) is 42.8 Å². The Kier molecular flexibility index (Phi) is 4.56. The SMILES string of the molecule is CCNC(c1ccc(C)cc1)c1cc(F)ccc1Cl. The van der Waals surface area contributed by atoms with E-state index < -0.39 is 0 Å². The molecule has 1 atom stereocenters. The summed E-state index contributed by atoms with van der Waals surface area (Å²) < 4.78 is 13.4. The van der Waals surface area contributed by atoms with E-state index in [9.17, 15) is 4.39 Å². The van der Waals surface area contributed by atoms with Gasteiger partial charge in [-0.15, -0.1) is 0 Å². The minimum atomic E-state index is -0.269. The van der Waals surface area contributed by atoms with E-state index in [1.165, 1.54) is 17.7 Å². The smallest absolute Gasteiger partial charge is 0.123 e. The summed E-state index contributed by atoms with van der Waals surface area (Å²) in [6, 6.07) is 12.6. The van der Waals surface area contributed by atoms with Gasteiger partial charge in [-0.2, -0.15) is 0 Å². The van der Waals surface area contributed by atoms with Crippen LogP contribution in [0.1, 0.15) is 29.7 Å². The second-order valence-corrected chi connectivity index (χ2v) is 4.97. The van der Waals surface area contributed by atoms with Crippen LogP contribution < -0.4 is 5.32 Å². The molecule has 0 radical (unpaired) electrons. The fourth-order valence-electron chi connectivity index (χ4n) is 2.11. The van der Waals surface area contributed by atoms with Crippen molar-refractivity contribution in [1.82, 2.24) is 5.32 Å². The van der Waals surface area contributed by atoms with E-state index >= 15 is 0 Å². The molecule has 100 valence electrons. The monoisotopic (exact) mass is 277 g/mol. The van der Waals surface area contributed by atoms with Crippen molar-refractivity contribution in [1.29, 1.82) is 0 Å². The van der Waals surface area contributed by atoms with Crippen LogP contribution in [-0.4, -0.2) is 6.54 Å². The van der Waals surface area contributed by atoms with Gasteiger partial charge in [-0.3, -0.25) is 0 Å². The first-order valence-electron chi connectivity index (χ1n) is 6.36. The largest absolute Gasteiger partial charge is 0.306 e. The molecule has 0 fully saturated rings. The molecule has 1 nitrogen and oxygen atoms in total.